The molecule has 0 saturated carbocycles. The van der Waals surface area contributed by atoms with Crippen LogP contribution in [0.4, 0.5) is 10.9 Å². The second-order valence-electron chi connectivity index (χ2n) is 3.80. The predicted molar refractivity (Wildman–Crippen MR) is 77.6 cm³/mol. The topological polar surface area (TPSA) is 53.9 Å². The van der Waals surface area contributed by atoms with E-state index >= 15 is 0 Å². The molecule has 0 amide bonds. The summed E-state index contributed by atoms with van der Waals surface area (Å²) in [5.74, 6) is 1.69. The van der Waals surface area contributed by atoms with Crippen LogP contribution in [0.25, 0.3) is 0 Å². The van der Waals surface area contributed by atoms with Crippen molar-refractivity contribution >= 4 is 34.0 Å². The van der Waals surface area contributed by atoms with Crippen LogP contribution in [0.1, 0.15) is 5.69 Å². The summed E-state index contributed by atoms with van der Waals surface area (Å²) in [5.41, 5.74) is 1.04. The van der Waals surface area contributed by atoms with Crippen molar-refractivity contribution in [1.82, 2.24) is 15.2 Å². The summed E-state index contributed by atoms with van der Waals surface area (Å²) >= 11 is 3.25. The third-order valence-electron chi connectivity index (χ3n) is 2.18. The quantitative estimate of drug-likeness (QED) is 0.849. The lowest BCUT2D eigenvalue weighted by atomic mass is 10.4. The molecule has 2 aromatic rings. The van der Waals surface area contributed by atoms with Crippen molar-refractivity contribution in [2.75, 3.05) is 31.4 Å². The average molecular weight is 281 g/mol. The lowest BCUT2D eigenvalue weighted by Crippen LogP contribution is -2.07. The molecule has 0 radical (unpaired) electrons. The Labute approximate surface area is 115 Å². The van der Waals surface area contributed by atoms with Crippen LogP contribution in [0.2, 0.25) is 0 Å². The Morgan fingerprint density at radius 2 is 2.17 bits per heavy atom. The Kier molecular flexibility index (Phi) is 4.38. The van der Waals surface area contributed by atoms with E-state index in [9.17, 15) is 0 Å². The van der Waals surface area contributed by atoms with Crippen LogP contribution in [0.15, 0.2) is 22.5 Å². The second kappa shape index (κ2) is 6.01. The third-order valence-corrected chi connectivity index (χ3v) is 4.44. The van der Waals surface area contributed by atoms with Crippen molar-refractivity contribution in [2.45, 2.75) is 10.1 Å². The van der Waals surface area contributed by atoms with Gasteiger partial charge < -0.3 is 10.2 Å². The number of rotatable bonds is 5. The molecular weight excluding hydrogens is 266 g/mol. The first-order valence-corrected chi connectivity index (χ1v) is 7.26. The van der Waals surface area contributed by atoms with Gasteiger partial charge >= 0.3 is 0 Å². The Hall–Kier alpha value is -1.34. The molecule has 1 N–H and O–H groups in total. The van der Waals surface area contributed by atoms with Gasteiger partial charge in [0, 0.05) is 26.9 Å². The average Bonchev–Trinajstić information content (AvgIpc) is 2.85. The van der Waals surface area contributed by atoms with E-state index in [4.69, 9.17) is 0 Å². The van der Waals surface area contributed by atoms with Crippen molar-refractivity contribution in [3.05, 3.63) is 23.9 Å². The van der Waals surface area contributed by atoms with Crippen molar-refractivity contribution < 1.29 is 0 Å². The van der Waals surface area contributed by atoms with Crippen molar-refractivity contribution in [3.8, 4) is 0 Å². The highest BCUT2D eigenvalue weighted by molar-refractivity contribution is 8.00. The van der Waals surface area contributed by atoms with Crippen LogP contribution in [0.5, 0.6) is 0 Å². The Bertz CT molecular complexity index is 512. The summed E-state index contributed by atoms with van der Waals surface area (Å²) in [5, 5.41) is 12.2. The largest absolute Gasteiger partial charge is 0.373 e. The summed E-state index contributed by atoms with van der Waals surface area (Å²) in [6, 6.07) is 5.96. The molecule has 0 aliphatic heterocycles. The minimum Gasteiger partial charge on any atom is -0.373 e. The van der Waals surface area contributed by atoms with Gasteiger partial charge in [-0.25, -0.2) is 4.98 Å². The fourth-order valence-corrected chi connectivity index (χ4v) is 2.95. The molecule has 7 heteroatoms. The first kappa shape index (κ1) is 13.1. The van der Waals surface area contributed by atoms with E-state index in [1.165, 1.54) is 0 Å². The van der Waals surface area contributed by atoms with E-state index in [0.717, 1.165) is 26.7 Å². The number of pyridine rings is 1. The van der Waals surface area contributed by atoms with Crippen molar-refractivity contribution in [3.63, 3.8) is 0 Å². The van der Waals surface area contributed by atoms with Crippen LogP contribution in [-0.4, -0.2) is 36.3 Å². The molecule has 2 aromatic heterocycles. The number of anilines is 2. The Morgan fingerprint density at radius 3 is 2.83 bits per heavy atom. The monoisotopic (exact) mass is 281 g/mol. The molecule has 0 aliphatic rings. The highest BCUT2D eigenvalue weighted by atomic mass is 32.2. The molecule has 0 fully saturated rings. The molecule has 0 unspecified atom stereocenters. The lowest BCUT2D eigenvalue weighted by Gasteiger charge is -2.04. The molecule has 2 heterocycles. The summed E-state index contributed by atoms with van der Waals surface area (Å²) < 4.78 is 0.968. The maximum Gasteiger partial charge on any atom is 0.208 e. The Morgan fingerprint density at radius 1 is 1.33 bits per heavy atom. The first-order chi connectivity index (χ1) is 8.69. The van der Waals surface area contributed by atoms with E-state index in [2.05, 4.69) is 20.5 Å². The van der Waals surface area contributed by atoms with Gasteiger partial charge in [0.25, 0.3) is 0 Å². The molecular formula is C11H15N5S2. The number of nitrogens with zero attached hydrogens (tertiary/aromatic N) is 4. The van der Waals surface area contributed by atoms with Crippen LogP contribution >= 0.6 is 23.1 Å². The summed E-state index contributed by atoms with van der Waals surface area (Å²) in [4.78, 5) is 6.42. The molecule has 18 heavy (non-hydrogen) atoms. The fourth-order valence-electron chi connectivity index (χ4n) is 1.28. The highest BCUT2D eigenvalue weighted by Crippen LogP contribution is 2.28. The zero-order valence-electron chi connectivity index (χ0n) is 10.5. The number of hydrogen-bond acceptors (Lipinski definition) is 7. The van der Waals surface area contributed by atoms with Crippen molar-refractivity contribution in [1.29, 1.82) is 0 Å². The number of thioether (sulfide) groups is 1. The zero-order chi connectivity index (χ0) is 13.0. The number of nitrogens with one attached hydrogen (secondary N) is 1. The summed E-state index contributed by atoms with van der Waals surface area (Å²) in [6.45, 7) is 0. The molecule has 0 atom stereocenters. The van der Waals surface area contributed by atoms with Crippen LogP contribution in [0, 0.1) is 0 Å². The summed E-state index contributed by atoms with van der Waals surface area (Å²) in [6.07, 6.45) is 0. The maximum atomic E-state index is 4.46. The van der Waals surface area contributed by atoms with E-state index in [-0.39, 0.29) is 0 Å². The van der Waals surface area contributed by atoms with Gasteiger partial charge in [0.1, 0.15) is 5.82 Å². The smallest absolute Gasteiger partial charge is 0.208 e. The third kappa shape index (κ3) is 3.33. The van der Waals surface area contributed by atoms with Crippen molar-refractivity contribution in [2.24, 2.45) is 0 Å². The maximum absolute atomic E-state index is 4.46. The molecule has 5 nitrogen and oxygen atoms in total. The predicted octanol–water partition coefficient (Wildman–Crippen LogP) is 2.33. The van der Waals surface area contributed by atoms with E-state index < -0.39 is 0 Å². The van der Waals surface area contributed by atoms with E-state index in [1.54, 1.807) is 23.1 Å². The number of hydrogen-bond donors (Lipinski definition) is 1. The van der Waals surface area contributed by atoms with E-state index in [0.29, 0.717) is 0 Å². The first-order valence-electron chi connectivity index (χ1n) is 5.46. The van der Waals surface area contributed by atoms with Gasteiger partial charge in [-0.2, -0.15) is 0 Å². The zero-order valence-corrected chi connectivity index (χ0v) is 12.2. The highest BCUT2D eigenvalue weighted by Gasteiger charge is 2.07. The van der Waals surface area contributed by atoms with Gasteiger partial charge in [-0.05, 0) is 12.1 Å². The molecule has 0 spiro atoms. The van der Waals surface area contributed by atoms with Crippen LogP contribution in [0.3, 0.4) is 0 Å². The standard InChI is InChI=1S/C11H15N5S2/c1-12-9-6-4-5-8(13-9)7-17-11-15-14-10(18-11)16(2)3/h4-6H,7H2,1-3H3,(H,12,13). The molecule has 2 rings (SSSR count). The Balaban J connectivity index is 1.97. The lowest BCUT2D eigenvalue weighted by molar-refractivity contribution is 0.972. The van der Waals surface area contributed by atoms with Gasteiger partial charge in [-0.15, -0.1) is 10.2 Å². The van der Waals surface area contributed by atoms with Gasteiger partial charge in [-0.3, -0.25) is 0 Å². The minimum absolute atomic E-state index is 0.803. The molecule has 0 aliphatic carbocycles. The van der Waals surface area contributed by atoms with Gasteiger partial charge in [0.05, 0.1) is 5.69 Å². The molecule has 96 valence electrons. The van der Waals surface area contributed by atoms with E-state index in [1.807, 2.05) is 44.2 Å². The molecule has 0 bridgehead atoms. The normalized spacial score (nSPS) is 10.4. The second-order valence-corrected chi connectivity index (χ2v) is 5.98. The van der Waals surface area contributed by atoms with Crippen LogP contribution < -0.4 is 10.2 Å². The molecule has 0 aromatic carbocycles. The van der Waals surface area contributed by atoms with Crippen LogP contribution in [-0.2, 0) is 5.75 Å². The minimum atomic E-state index is 0.803. The summed E-state index contributed by atoms with van der Waals surface area (Å²) in [7, 11) is 5.80. The van der Waals surface area contributed by atoms with Gasteiger partial charge in [0.2, 0.25) is 5.13 Å². The SMILES string of the molecule is CNc1cccc(CSc2nnc(N(C)C)s2)n1. The van der Waals surface area contributed by atoms with Gasteiger partial charge in [-0.1, -0.05) is 29.2 Å². The molecule has 0 saturated heterocycles. The number of aromatic nitrogens is 3. The van der Waals surface area contributed by atoms with Gasteiger partial charge in [0.15, 0.2) is 4.34 Å². The fraction of sp³-hybridized carbons (Fsp3) is 0.364.